The third-order valence-electron chi connectivity index (χ3n) is 5.41. The molecule has 1 aliphatic rings. The molecule has 1 N–H and O–H groups in total. The largest absolute Gasteiger partial charge is 0.479 e. The van der Waals surface area contributed by atoms with E-state index >= 15 is 0 Å². The van der Waals surface area contributed by atoms with Gasteiger partial charge in [-0.15, -0.1) is 0 Å². The van der Waals surface area contributed by atoms with Crippen molar-refractivity contribution in [3.8, 4) is 0 Å². The summed E-state index contributed by atoms with van der Waals surface area (Å²) in [5.74, 6) is -1.13. The average Bonchev–Trinajstić information content (AvgIpc) is 2.75. The Kier molecular flexibility index (Phi) is 7.07. The maximum atomic E-state index is 12.8. The zero-order valence-corrected chi connectivity index (χ0v) is 18.1. The van der Waals surface area contributed by atoms with Crippen LogP contribution in [0.4, 0.5) is 5.69 Å². The van der Waals surface area contributed by atoms with Gasteiger partial charge in [0.25, 0.3) is 5.91 Å². The fourth-order valence-electron chi connectivity index (χ4n) is 3.72. The normalized spacial score (nSPS) is 14.4. The molecule has 1 heterocycles. The molecule has 0 spiro atoms. The van der Waals surface area contributed by atoms with E-state index in [0.717, 1.165) is 16.8 Å². The molecule has 0 aliphatic carbocycles. The van der Waals surface area contributed by atoms with Crippen LogP contribution in [0.5, 0.6) is 0 Å². The lowest BCUT2D eigenvalue weighted by Gasteiger charge is -2.36. The number of ether oxygens (including phenoxy) is 1. The highest BCUT2D eigenvalue weighted by molar-refractivity contribution is 6.02. The molecule has 2 aromatic rings. The van der Waals surface area contributed by atoms with Gasteiger partial charge in [-0.05, 0) is 37.1 Å². The molecular formula is C24H28N2O5. The number of hydrogen-bond donors (Lipinski definition) is 1. The first-order chi connectivity index (χ1) is 14.8. The second-order valence-electron chi connectivity index (χ2n) is 7.79. The van der Waals surface area contributed by atoms with E-state index in [2.05, 4.69) is 0 Å². The molecule has 0 fully saturated rings. The van der Waals surface area contributed by atoms with E-state index in [1.165, 1.54) is 0 Å². The Morgan fingerprint density at radius 3 is 2.52 bits per heavy atom. The number of carbonyl (C=O) groups excluding carboxylic acids is 2. The summed E-state index contributed by atoms with van der Waals surface area (Å²) in [5.41, 5.74) is 3.99. The van der Waals surface area contributed by atoms with Crippen LogP contribution in [-0.2, 0) is 16.0 Å². The highest BCUT2D eigenvalue weighted by atomic mass is 16.5. The molecule has 2 aromatic carbocycles. The first-order valence-corrected chi connectivity index (χ1v) is 10.4. The molecule has 1 amide bonds. The molecule has 1 aliphatic heterocycles. The topological polar surface area (TPSA) is 87.2 Å². The lowest BCUT2D eigenvalue weighted by molar-refractivity contribution is -0.149. The van der Waals surface area contributed by atoms with Gasteiger partial charge in [0.1, 0.15) is 0 Å². The second kappa shape index (κ2) is 9.75. The van der Waals surface area contributed by atoms with Gasteiger partial charge in [-0.2, -0.15) is 0 Å². The molecule has 0 saturated carbocycles. The smallest absolute Gasteiger partial charge is 0.333 e. The predicted molar refractivity (Wildman–Crippen MR) is 118 cm³/mol. The summed E-state index contributed by atoms with van der Waals surface area (Å²) in [6.07, 6.45) is -0.442. The van der Waals surface area contributed by atoms with Crippen molar-refractivity contribution in [2.75, 3.05) is 31.8 Å². The fourth-order valence-corrected chi connectivity index (χ4v) is 3.72. The minimum Gasteiger partial charge on any atom is -0.479 e. The summed E-state index contributed by atoms with van der Waals surface area (Å²) in [5, 5.41) is 9.20. The third-order valence-corrected chi connectivity index (χ3v) is 5.41. The van der Waals surface area contributed by atoms with Gasteiger partial charge in [-0.25, -0.2) is 4.79 Å². The zero-order chi connectivity index (χ0) is 22.5. The maximum Gasteiger partial charge on any atom is 0.333 e. The Bertz CT molecular complexity index is 970. The number of carbonyl (C=O) groups is 3. The number of carboxylic acid groups (broad SMARTS) is 1. The quantitative estimate of drug-likeness (QED) is 0.623. The number of amides is 1. The van der Waals surface area contributed by atoms with E-state index in [4.69, 9.17) is 4.74 Å². The number of fused-ring (bicyclic) bond motifs is 1. The van der Waals surface area contributed by atoms with Gasteiger partial charge < -0.3 is 19.6 Å². The van der Waals surface area contributed by atoms with Gasteiger partial charge in [0.2, 0.25) is 0 Å². The molecule has 0 aromatic heterocycles. The van der Waals surface area contributed by atoms with Crippen LogP contribution in [0.1, 0.15) is 45.2 Å². The SMILES string of the molecule is CCOC(Cc1ccc(C(=O)CCN2CN(C)c3cc(C)ccc3C2=O)cc1)C(=O)O. The number of aliphatic carboxylic acids is 1. The van der Waals surface area contributed by atoms with Crippen molar-refractivity contribution >= 4 is 23.3 Å². The summed E-state index contributed by atoms with van der Waals surface area (Å²) in [4.78, 5) is 40.4. The van der Waals surface area contributed by atoms with Crippen molar-refractivity contribution in [2.24, 2.45) is 0 Å². The first kappa shape index (κ1) is 22.5. The Hall–Kier alpha value is -3.19. The Morgan fingerprint density at radius 1 is 1.16 bits per heavy atom. The third kappa shape index (κ3) is 5.30. The number of aryl methyl sites for hydroxylation is 1. The summed E-state index contributed by atoms with van der Waals surface area (Å²) in [7, 11) is 1.94. The van der Waals surface area contributed by atoms with E-state index in [0.29, 0.717) is 30.9 Å². The zero-order valence-electron chi connectivity index (χ0n) is 18.1. The standard InChI is InChI=1S/C24H28N2O5/c1-4-31-22(24(29)30)14-17-6-8-18(9-7-17)21(27)11-12-26-15-25(3)20-13-16(2)5-10-19(20)23(26)28/h5-10,13,22H,4,11-12,14-15H2,1-3H3,(H,29,30). The Labute approximate surface area is 182 Å². The number of ketones is 1. The number of benzene rings is 2. The summed E-state index contributed by atoms with van der Waals surface area (Å²) < 4.78 is 5.23. The van der Waals surface area contributed by atoms with Crippen LogP contribution in [0.2, 0.25) is 0 Å². The van der Waals surface area contributed by atoms with Gasteiger partial charge in [0, 0.05) is 38.6 Å². The van der Waals surface area contributed by atoms with Crippen LogP contribution in [0.15, 0.2) is 42.5 Å². The average molecular weight is 424 g/mol. The monoisotopic (exact) mass is 424 g/mol. The van der Waals surface area contributed by atoms with Crippen molar-refractivity contribution in [1.29, 1.82) is 0 Å². The summed E-state index contributed by atoms with van der Waals surface area (Å²) in [6.45, 7) is 4.84. The Balaban J connectivity index is 1.60. The number of carboxylic acids is 1. The molecule has 1 atom stereocenters. The Morgan fingerprint density at radius 2 is 1.87 bits per heavy atom. The molecule has 0 bridgehead atoms. The van der Waals surface area contributed by atoms with Gasteiger partial charge in [0.15, 0.2) is 11.9 Å². The predicted octanol–water partition coefficient (Wildman–Crippen LogP) is 3.15. The number of rotatable bonds is 9. The molecule has 164 valence electrons. The number of hydrogen-bond acceptors (Lipinski definition) is 5. The number of Topliss-reactive ketones (excluding diaryl/α,β-unsaturated/α-hetero) is 1. The van der Waals surface area contributed by atoms with Crippen molar-refractivity contribution < 1.29 is 24.2 Å². The second-order valence-corrected chi connectivity index (χ2v) is 7.79. The van der Waals surface area contributed by atoms with E-state index in [9.17, 15) is 19.5 Å². The van der Waals surface area contributed by atoms with Crippen LogP contribution in [0, 0.1) is 6.92 Å². The van der Waals surface area contributed by atoms with Gasteiger partial charge in [-0.3, -0.25) is 9.59 Å². The van der Waals surface area contributed by atoms with Gasteiger partial charge >= 0.3 is 5.97 Å². The van der Waals surface area contributed by atoms with Gasteiger partial charge in [0.05, 0.1) is 17.9 Å². The minimum atomic E-state index is -1.00. The van der Waals surface area contributed by atoms with Crippen LogP contribution >= 0.6 is 0 Å². The van der Waals surface area contributed by atoms with E-state index in [-0.39, 0.29) is 24.5 Å². The number of anilines is 1. The van der Waals surface area contributed by atoms with Crippen molar-refractivity contribution in [2.45, 2.75) is 32.8 Å². The fraction of sp³-hybridized carbons (Fsp3) is 0.375. The highest BCUT2D eigenvalue weighted by Gasteiger charge is 2.27. The highest BCUT2D eigenvalue weighted by Crippen LogP contribution is 2.27. The minimum absolute atomic E-state index is 0.0590. The first-order valence-electron chi connectivity index (χ1n) is 10.4. The van der Waals surface area contributed by atoms with Crippen molar-refractivity contribution in [1.82, 2.24) is 4.90 Å². The van der Waals surface area contributed by atoms with Crippen LogP contribution < -0.4 is 4.90 Å². The molecule has 7 heteroatoms. The summed E-state index contributed by atoms with van der Waals surface area (Å²) >= 11 is 0. The lowest BCUT2D eigenvalue weighted by Crippen LogP contribution is -2.45. The van der Waals surface area contributed by atoms with E-state index in [1.807, 2.05) is 37.1 Å². The van der Waals surface area contributed by atoms with Crippen LogP contribution in [0.3, 0.4) is 0 Å². The molecule has 31 heavy (non-hydrogen) atoms. The summed E-state index contributed by atoms with van der Waals surface area (Å²) in [6, 6.07) is 12.7. The van der Waals surface area contributed by atoms with E-state index in [1.54, 1.807) is 36.1 Å². The molecule has 7 nitrogen and oxygen atoms in total. The lowest BCUT2D eigenvalue weighted by atomic mass is 10.0. The number of nitrogens with zero attached hydrogens (tertiary/aromatic N) is 2. The van der Waals surface area contributed by atoms with Crippen molar-refractivity contribution in [3.63, 3.8) is 0 Å². The molecule has 1 unspecified atom stereocenters. The molecular weight excluding hydrogens is 396 g/mol. The molecule has 3 rings (SSSR count). The maximum absolute atomic E-state index is 12.8. The van der Waals surface area contributed by atoms with Crippen molar-refractivity contribution in [3.05, 3.63) is 64.7 Å². The molecule has 0 radical (unpaired) electrons. The van der Waals surface area contributed by atoms with E-state index < -0.39 is 12.1 Å². The van der Waals surface area contributed by atoms with Crippen LogP contribution in [0.25, 0.3) is 0 Å². The molecule has 0 saturated heterocycles. The van der Waals surface area contributed by atoms with Gasteiger partial charge in [-0.1, -0.05) is 30.3 Å². The van der Waals surface area contributed by atoms with Crippen LogP contribution in [-0.4, -0.2) is 60.6 Å².